The van der Waals surface area contributed by atoms with Crippen LogP contribution in [-0.4, -0.2) is 12.6 Å². The first kappa shape index (κ1) is 29.8. The van der Waals surface area contributed by atoms with Gasteiger partial charge >= 0.3 is 5.97 Å². The normalized spacial score (nSPS) is 13.9. The molecule has 10 heteroatoms. The van der Waals surface area contributed by atoms with Crippen LogP contribution in [0.1, 0.15) is 46.3 Å². The highest BCUT2D eigenvalue weighted by Gasteiger charge is 2.31. The van der Waals surface area contributed by atoms with Crippen molar-refractivity contribution in [3.8, 4) is 29.1 Å². The third-order valence-corrected chi connectivity index (χ3v) is 7.21. The molecule has 0 bridgehead atoms. The lowest BCUT2D eigenvalue weighted by Crippen LogP contribution is -2.21. The highest BCUT2D eigenvalue weighted by atomic mass is 35.5. The molecule has 0 fully saturated rings. The van der Waals surface area contributed by atoms with Gasteiger partial charge in [0.05, 0.1) is 28.1 Å². The van der Waals surface area contributed by atoms with E-state index in [0.29, 0.717) is 35.0 Å². The molecule has 0 aliphatic carbocycles. The second kappa shape index (κ2) is 13.1. The van der Waals surface area contributed by atoms with Crippen LogP contribution >= 0.6 is 23.2 Å². The number of carbonyl (C=O) groups excluding carboxylic acids is 1. The minimum absolute atomic E-state index is 0.0652. The number of benzene rings is 4. The van der Waals surface area contributed by atoms with Crippen LogP contribution in [0, 0.1) is 17.1 Å². The van der Waals surface area contributed by atoms with E-state index in [0.717, 1.165) is 12.0 Å². The molecule has 1 aliphatic heterocycles. The number of halogens is 3. The zero-order valence-electron chi connectivity index (χ0n) is 22.9. The van der Waals surface area contributed by atoms with Crippen LogP contribution in [0.2, 0.25) is 10.0 Å². The Balaban J connectivity index is 1.36. The van der Waals surface area contributed by atoms with E-state index < -0.39 is 11.9 Å². The number of nitriles is 1. The molecule has 5 rings (SSSR count). The monoisotopic (exact) mass is 618 g/mol. The lowest BCUT2D eigenvalue weighted by atomic mass is 9.83. The third kappa shape index (κ3) is 6.54. The van der Waals surface area contributed by atoms with Gasteiger partial charge in [-0.15, -0.1) is 0 Å². The fourth-order valence-electron chi connectivity index (χ4n) is 4.56. The number of rotatable bonds is 9. The first-order valence-electron chi connectivity index (χ1n) is 13.3. The number of nitrogens with zero attached hydrogens (tertiary/aromatic N) is 1. The van der Waals surface area contributed by atoms with Gasteiger partial charge in [-0.25, -0.2) is 9.18 Å². The van der Waals surface area contributed by atoms with Crippen molar-refractivity contribution >= 4 is 29.2 Å². The van der Waals surface area contributed by atoms with Crippen molar-refractivity contribution in [2.24, 2.45) is 5.73 Å². The number of ether oxygens (including phenoxy) is 4. The number of carbonyl (C=O) groups is 1. The molecule has 2 N–H and O–H groups in total. The van der Waals surface area contributed by atoms with Crippen LogP contribution in [0.15, 0.2) is 90.3 Å². The Morgan fingerprint density at radius 3 is 2.37 bits per heavy atom. The lowest BCUT2D eigenvalue weighted by molar-refractivity contribution is 0.0734. The van der Waals surface area contributed by atoms with Gasteiger partial charge in [-0.2, -0.15) is 5.26 Å². The van der Waals surface area contributed by atoms with Crippen molar-refractivity contribution in [3.63, 3.8) is 0 Å². The maximum Gasteiger partial charge on any atom is 0.343 e. The van der Waals surface area contributed by atoms with Crippen molar-refractivity contribution in [3.05, 3.63) is 128 Å². The summed E-state index contributed by atoms with van der Waals surface area (Å²) < 4.78 is 36.6. The van der Waals surface area contributed by atoms with E-state index >= 15 is 0 Å². The Kier molecular flexibility index (Phi) is 9.05. The molecule has 1 unspecified atom stereocenters. The van der Waals surface area contributed by atoms with E-state index in [-0.39, 0.29) is 45.2 Å². The summed E-state index contributed by atoms with van der Waals surface area (Å²) >= 11 is 12.6. The van der Waals surface area contributed by atoms with Crippen molar-refractivity contribution in [2.75, 3.05) is 6.61 Å². The van der Waals surface area contributed by atoms with E-state index in [1.807, 2.05) is 6.92 Å². The number of hydrogen-bond donors (Lipinski definition) is 1. The van der Waals surface area contributed by atoms with E-state index in [2.05, 4.69) is 6.07 Å². The third-order valence-electron chi connectivity index (χ3n) is 6.65. The van der Waals surface area contributed by atoms with E-state index in [1.165, 1.54) is 24.3 Å². The van der Waals surface area contributed by atoms with E-state index in [4.69, 9.17) is 47.9 Å². The smallest absolute Gasteiger partial charge is 0.343 e. The van der Waals surface area contributed by atoms with Crippen molar-refractivity contribution in [1.82, 2.24) is 0 Å². The number of esters is 1. The summed E-state index contributed by atoms with van der Waals surface area (Å²) in [5.74, 6) is -0.304. The van der Waals surface area contributed by atoms with Gasteiger partial charge in [0.15, 0.2) is 5.75 Å². The molecule has 0 radical (unpaired) electrons. The first-order chi connectivity index (χ1) is 20.8. The molecule has 4 aromatic carbocycles. The summed E-state index contributed by atoms with van der Waals surface area (Å²) in [7, 11) is 0. The fraction of sp³-hybridized carbons (Fsp3) is 0.152. The Morgan fingerprint density at radius 1 is 1.00 bits per heavy atom. The standard InChI is InChI=1S/C33H25Cl2FN2O5/c1-2-13-40-31-26(34)14-21(15-27(31)35)33(39)42-23-11-12-24-29(16-23)43-32(38)25(17-37)30(24)19-7-9-22(10-8-19)41-18-20-5-3-4-6-28(20)36/h3-12,14-16,30H,2,13,18,38H2,1H3. The Morgan fingerprint density at radius 2 is 1.70 bits per heavy atom. The van der Waals surface area contributed by atoms with Gasteiger partial charge in [0.25, 0.3) is 0 Å². The zero-order valence-corrected chi connectivity index (χ0v) is 24.4. The summed E-state index contributed by atoms with van der Waals surface area (Å²) in [6, 6.07) is 23.3. The molecule has 43 heavy (non-hydrogen) atoms. The second-order valence-electron chi connectivity index (χ2n) is 9.58. The predicted molar refractivity (Wildman–Crippen MR) is 160 cm³/mol. The maximum atomic E-state index is 13.9. The molecule has 0 aromatic heterocycles. The number of hydrogen-bond acceptors (Lipinski definition) is 7. The lowest BCUT2D eigenvalue weighted by Gasteiger charge is -2.27. The van der Waals surface area contributed by atoms with Crippen molar-refractivity contribution in [2.45, 2.75) is 25.9 Å². The summed E-state index contributed by atoms with van der Waals surface area (Å²) in [5, 5.41) is 10.3. The number of fused-ring (bicyclic) bond motifs is 1. The Bertz CT molecular complexity index is 1730. The molecule has 1 aliphatic rings. The quantitative estimate of drug-likeness (QED) is 0.150. The molecule has 0 saturated heterocycles. The molecule has 218 valence electrons. The first-order valence-corrected chi connectivity index (χ1v) is 14.1. The number of nitrogens with two attached hydrogens (primary N) is 1. The van der Waals surface area contributed by atoms with Gasteiger partial charge in [0.1, 0.15) is 41.3 Å². The van der Waals surface area contributed by atoms with Gasteiger partial charge in [-0.3, -0.25) is 0 Å². The largest absolute Gasteiger partial charge is 0.490 e. The maximum absolute atomic E-state index is 13.9. The Labute approximate surface area is 257 Å². The molecule has 4 aromatic rings. The summed E-state index contributed by atoms with van der Waals surface area (Å²) in [6.45, 7) is 2.45. The van der Waals surface area contributed by atoms with Crippen molar-refractivity contribution in [1.29, 1.82) is 5.26 Å². The Hall–Kier alpha value is -4.71. The molecule has 0 amide bonds. The molecule has 1 atom stereocenters. The van der Waals surface area contributed by atoms with Crippen LogP contribution in [0.25, 0.3) is 0 Å². The summed E-state index contributed by atoms with van der Waals surface area (Å²) in [6.07, 6.45) is 0.768. The molecular weight excluding hydrogens is 594 g/mol. The fourth-order valence-corrected chi connectivity index (χ4v) is 5.16. The van der Waals surface area contributed by atoms with Crippen LogP contribution < -0.4 is 24.7 Å². The zero-order chi connectivity index (χ0) is 30.5. The second-order valence-corrected chi connectivity index (χ2v) is 10.4. The average molecular weight is 619 g/mol. The SMILES string of the molecule is CCCOc1c(Cl)cc(C(=O)Oc2ccc3c(c2)OC(N)=C(C#N)C3c2ccc(OCc3ccccc3F)cc2)cc1Cl. The van der Waals surface area contributed by atoms with Gasteiger partial charge in [0.2, 0.25) is 5.88 Å². The van der Waals surface area contributed by atoms with Crippen LogP contribution in [0.3, 0.4) is 0 Å². The van der Waals surface area contributed by atoms with Gasteiger partial charge < -0.3 is 24.7 Å². The van der Waals surface area contributed by atoms with Crippen LogP contribution in [0.5, 0.6) is 23.0 Å². The van der Waals surface area contributed by atoms with E-state index in [1.54, 1.807) is 54.6 Å². The van der Waals surface area contributed by atoms with E-state index in [9.17, 15) is 14.4 Å². The topological polar surface area (TPSA) is 104 Å². The highest BCUT2D eigenvalue weighted by Crippen LogP contribution is 2.44. The minimum Gasteiger partial charge on any atom is -0.490 e. The van der Waals surface area contributed by atoms with Crippen molar-refractivity contribution < 1.29 is 28.1 Å². The van der Waals surface area contributed by atoms with Gasteiger partial charge in [-0.05, 0) is 48.4 Å². The molecule has 0 saturated carbocycles. The molecule has 0 spiro atoms. The summed E-state index contributed by atoms with van der Waals surface area (Å²) in [4.78, 5) is 12.9. The number of allylic oxidation sites excluding steroid dienone is 1. The molecular formula is C33H25Cl2FN2O5. The van der Waals surface area contributed by atoms with Gasteiger partial charge in [0, 0.05) is 17.2 Å². The molecule has 7 nitrogen and oxygen atoms in total. The van der Waals surface area contributed by atoms with Crippen LogP contribution in [-0.2, 0) is 6.61 Å². The van der Waals surface area contributed by atoms with Gasteiger partial charge in [-0.1, -0.05) is 66.5 Å². The summed E-state index contributed by atoms with van der Waals surface area (Å²) in [5.41, 5.74) is 8.34. The highest BCUT2D eigenvalue weighted by molar-refractivity contribution is 6.37. The minimum atomic E-state index is -0.689. The average Bonchev–Trinajstić information content (AvgIpc) is 2.99. The predicted octanol–water partition coefficient (Wildman–Crippen LogP) is 7.94. The molecule has 1 heterocycles. The van der Waals surface area contributed by atoms with Crippen LogP contribution in [0.4, 0.5) is 4.39 Å².